The van der Waals surface area contributed by atoms with Gasteiger partial charge in [-0.1, -0.05) is 18.2 Å². The van der Waals surface area contributed by atoms with E-state index in [1.807, 2.05) is 41.1 Å². The summed E-state index contributed by atoms with van der Waals surface area (Å²) in [6.07, 6.45) is 10.4. The average molecular weight is 332 g/mol. The maximum absolute atomic E-state index is 6.21. The minimum Gasteiger partial charge on any atom is -0.393 e. The lowest BCUT2D eigenvalue weighted by Crippen LogP contribution is -2.11. The van der Waals surface area contributed by atoms with Crippen molar-refractivity contribution in [3.05, 3.63) is 73.3 Å². The van der Waals surface area contributed by atoms with E-state index in [1.165, 1.54) is 6.33 Å². The van der Waals surface area contributed by atoms with Crippen molar-refractivity contribution in [1.82, 2.24) is 29.3 Å². The third-order valence-corrected chi connectivity index (χ3v) is 3.80. The van der Waals surface area contributed by atoms with Gasteiger partial charge in [0, 0.05) is 31.3 Å². The van der Waals surface area contributed by atoms with Crippen molar-refractivity contribution in [1.29, 1.82) is 0 Å². The molecule has 0 radical (unpaired) electrons. The predicted molar refractivity (Wildman–Crippen MR) is 94.5 cm³/mol. The van der Waals surface area contributed by atoms with Crippen LogP contribution in [0.1, 0.15) is 5.56 Å². The Kier molecular flexibility index (Phi) is 3.83. The van der Waals surface area contributed by atoms with Crippen LogP contribution in [0.5, 0.6) is 0 Å². The van der Waals surface area contributed by atoms with Crippen LogP contribution in [0.15, 0.2) is 67.8 Å². The summed E-state index contributed by atoms with van der Waals surface area (Å²) in [7, 11) is 0. The summed E-state index contributed by atoms with van der Waals surface area (Å²) in [4.78, 5) is 12.6. The van der Waals surface area contributed by atoms with Gasteiger partial charge in [0.1, 0.15) is 12.0 Å². The van der Waals surface area contributed by atoms with Gasteiger partial charge in [-0.05, 0) is 17.7 Å². The topological polar surface area (TPSA) is 99.5 Å². The van der Waals surface area contributed by atoms with Gasteiger partial charge in [0.15, 0.2) is 11.6 Å². The lowest BCUT2D eigenvalue weighted by molar-refractivity contribution is 0.842. The minimum absolute atomic E-state index is 0.450. The number of rotatable bonds is 5. The molecule has 0 bridgehead atoms. The highest BCUT2D eigenvalue weighted by Crippen LogP contribution is 2.22. The van der Waals surface area contributed by atoms with Crippen LogP contribution in [0.2, 0.25) is 0 Å². The van der Waals surface area contributed by atoms with Crippen molar-refractivity contribution in [3.8, 4) is 11.5 Å². The van der Waals surface area contributed by atoms with Crippen LogP contribution < -0.4 is 11.1 Å². The van der Waals surface area contributed by atoms with Crippen LogP contribution >= 0.6 is 0 Å². The largest absolute Gasteiger partial charge is 0.393 e. The van der Waals surface area contributed by atoms with E-state index in [1.54, 1.807) is 29.6 Å². The molecule has 3 heterocycles. The summed E-state index contributed by atoms with van der Waals surface area (Å²) in [6.45, 7) is 0.564. The number of hydrogen-bond acceptors (Lipinski definition) is 6. The van der Waals surface area contributed by atoms with Crippen molar-refractivity contribution in [2.45, 2.75) is 6.54 Å². The highest BCUT2D eigenvalue weighted by atomic mass is 15.3. The maximum Gasteiger partial charge on any atom is 0.181 e. The maximum atomic E-state index is 6.21. The third-order valence-electron chi connectivity index (χ3n) is 3.80. The van der Waals surface area contributed by atoms with Crippen molar-refractivity contribution >= 4 is 11.5 Å². The molecule has 0 fully saturated rings. The molecule has 124 valence electrons. The van der Waals surface area contributed by atoms with E-state index >= 15 is 0 Å². The minimum atomic E-state index is 0.450. The molecule has 0 aliphatic heterocycles. The molecular formula is C17H16N8. The Bertz CT molecular complexity index is 960. The smallest absolute Gasteiger partial charge is 0.181 e. The Morgan fingerprint density at radius 1 is 1.04 bits per heavy atom. The zero-order chi connectivity index (χ0) is 17.1. The second kappa shape index (κ2) is 6.44. The quantitative estimate of drug-likeness (QED) is 0.580. The molecule has 0 saturated heterocycles. The van der Waals surface area contributed by atoms with E-state index in [0.717, 1.165) is 11.3 Å². The number of nitrogen functional groups attached to an aromatic ring is 1. The number of nitrogens with zero attached hydrogens (tertiary/aromatic N) is 6. The number of aromatic nitrogens is 6. The highest BCUT2D eigenvalue weighted by molar-refractivity contribution is 5.69. The van der Waals surface area contributed by atoms with Crippen molar-refractivity contribution in [3.63, 3.8) is 0 Å². The van der Waals surface area contributed by atoms with E-state index in [-0.39, 0.29) is 0 Å². The van der Waals surface area contributed by atoms with Gasteiger partial charge in [0.2, 0.25) is 0 Å². The lowest BCUT2D eigenvalue weighted by atomic mass is 10.1. The first-order valence-corrected chi connectivity index (χ1v) is 7.73. The summed E-state index contributed by atoms with van der Waals surface area (Å²) in [5.74, 6) is 1.12. The van der Waals surface area contributed by atoms with Gasteiger partial charge in [0.05, 0.1) is 12.0 Å². The van der Waals surface area contributed by atoms with Gasteiger partial charge in [-0.3, -0.25) is 0 Å². The zero-order valence-electron chi connectivity index (χ0n) is 13.3. The first kappa shape index (κ1) is 14.9. The second-order valence-corrected chi connectivity index (χ2v) is 5.36. The fourth-order valence-electron chi connectivity index (χ4n) is 2.60. The lowest BCUT2D eigenvalue weighted by Gasteiger charge is -2.13. The Morgan fingerprint density at radius 3 is 2.76 bits per heavy atom. The molecule has 0 aliphatic carbocycles. The van der Waals surface area contributed by atoms with Gasteiger partial charge in [-0.25, -0.2) is 19.6 Å². The number of imidazole rings is 1. The number of hydrogen-bond donors (Lipinski definition) is 2. The summed E-state index contributed by atoms with van der Waals surface area (Å²) < 4.78 is 3.58. The molecule has 8 heteroatoms. The molecule has 0 saturated carbocycles. The van der Waals surface area contributed by atoms with Crippen molar-refractivity contribution in [2.75, 3.05) is 11.1 Å². The summed E-state index contributed by atoms with van der Waals surface area (Å²) in [6, 6.07) is 9.89. The highest BCUT2D eigenvalue weighted by Gasteiger charge is 2.11. The zero-order valence-corrected chi connectivity index (χ0v) is 13.3. The molecule has 25 heavy (non-hydrogen) atoms. The van der Waals surface area contributed by atoms with E-state index in [9.17, 15) is 0 Å². The molecular weight excluding hydrogens is 316 g/mol. The van der Waals surface area contributed by atoms with Crippen LogP contribution in [-0.2, 0) is 6.54 Å². The van der Waals surface area contributed by atoms with Crippen LogP contribution in [0.4, 0.5) is 11.5 Å². The second-order valence-electron chi connectivity index (χ2n) is 5.36. The monoisotopic (exact) mass is 332 g/mol. The normalized spacial score (nSPS) is 10.7. The first-order chi connectivity index (χ1) is 12.3. The van der Waals surface area contributed by atoms with Gasteiger partial charge >= 0.3 is 0 Å². The van der Waals surface area contributed by atoms with Crippen LogP contribution in [0, 0.1) is 0 Å². The molecule has 4 rings (SSSR count). The molecule has 3 aromatic heterocycles. The Morgan fingerprint density at radius 2 is 1.96 bits per heavy atom. The predicted octanol–water partition coefficient (Wildman–Crippen LogP) is 2.04. The summed E-state index contributed by atoms with van der Waals surface area (Å²) >= 11 is 0. The van der Waals surface area contributed by atoms with Gasteiger partial charge in [0.25, 0.3) is 0 Å². The fraction of sp³-hybridized carbons (Fsp3) is 0.0588. The Hall–Kier alpha value is -3.68. The number of nitrogens with two attached hydrogens (primary N) is 1. The van der Waals surface area contributed by atoms with E-state index in [4.69, 9.17) is 5.73 Å². The summed E-state index contributed by atoms with van der Waals surface area (Å²) in [5.41, 5.74) is 8.80. The molecule has 1 aromatic carbocycles. The molecule has 4 aromatic rings. The Balaban J connectivity index is 1.60. The van der Waals surface area contributed by atoms with Gasteiger partial charge in [-0.15, -0.1) is 0 Å². The number of anilines is 2. The fourth-order valence-corrected chi connectivity index (χ4v) is 2.60. The van der Waals surface area contributed by atoms with Crippen LogP contribution in [0.25, 0.3) is 11.5 Å². The third kappa shape index (κ3) is 2.92. The number of benzene rings is 1. The standard InChI is InChI=1S/C17H16N8/c18-15-16(21-11-22-17(15)25-8-3-6-23-25)20-10-13-4-1-2-5-14(13)24-9-7-19-12-24/h1-9,11-12H,10,18H2,(H,20,21,22). The molecule has 3 N–H and O–H groups in total. The molecule has 0 spiro atoms. The average Bonchev–Trinajstić information content (AvgIpc) is 3.35. The van der Waals surface area contributed by atoms with E-state index < -0.39 is 0 Å². The summed E-state index contributed by atoms with van der Waals surface area (Å²) in [5, 5.41) is 7.45. The van der Waals surface area contributed by atoms with Crippen LogP contribution in [-0.4, -0.2) is 29.3 Å². The molecule has 0 atom stereocenters. The number of nitrogens with one attached hydrogen (secondary N) is 1. The SMILES string of the molecule is Nc1c(NCc2ccccc2-n2ccnc2)ncnc1-n1cccn1. The van der Waals surface area contributed by atoms with Gasteiger partial charge < -0.3 is 15.6 Å². The number of para-hydroxylation sites is 1. The molecule has 0 aliphatic rings. The van der Waals surface area contributed by atoms with E-state index in [0.29, 0.717) is 23.9 Å². The molecule has 8 nitrogen and oxygen atoms in total. The van der Waals surface area contributed by atoms with E-state index in [2.05, 4.69) is 25.4 Å². The first-order valence-electron chi connectivity index (χ1n) is 7.73. The van der Waals surface area contributed by atoms with Crippen molar-refractivity contribution in [2.24, 2.45) is 0 Å². The molecule has 0 amide bonds. The Labute approximate surface area is 144 Å². The van der Waals surface area contributed by atoms with Gasteiger partial charge in [-0.2, -0.15) is 5.10 Å². The van der Waals surface area contributed by atoms with Crippen LogP contribution in [0.3, 0.4) is 0 Å². The van der Waals surface area contributed by atoms with Crippen molar-refractivity contribution < 1.29 is 0 Å². The molecule has 0 unspecified atom stereocenters.